The van der Waals surface area contributed by atoms with Crippen molar-refractivity contribution in [2.45, 2.75) is 4.90 Å². The van der Waals surface area contributed by atoms with E-state index in [9.17, 15) is 0 Å². The van der Waals surface area contributed by atoms with E-state index in [0.717, 1.165) is 21.7 Å². The lowest BCUT2D eigenvalue weighted by molar-refractivity contribution is 0.782. The number of nitrogen functional groups attached to an aromatic ring is 1. The van der Waals surface area contributed by atoms with Gasteiger partial charge in [-0.25, -0.2) is 0 Å². The van der Waals surface area contributed by atoms with Gasteiger partial charge in [0.15, 0.2) is 0 Å². The van der Waals surface area contributed by atoms with Crippen LogP contribution in [0.4, 0.5) is 5.82 Å². The molecule has 0 saturated carbocycles. The number of anilines is 1. The molecule has 0 aliphatic heterocycles. The highest BCUT2D eigenvalue weighted by Gasteiger charge is 2.19. The smallest absolute Gasteiger partial charge is 0.130 e. The molecular formula is C15H15N3S2. The van der Waals surface area contributed by atoms with Gasteiger partial charge in [0.1, 0.15) is 11.5 Å². The molecule has 0 aliphatic carbocycles. The van der Waals surface area contributed by atoms with Gasteiger partial charge < -0.3 is 5.73 Å². The molecule has 0 atom stereocenters. The van der Waals surface area contributed by atoms with E-state index in [4.69, 9.17) is 5.73 Å². The zero-order chi connectivity index (χ0) is 14.1. The Morgan fingerprint density at radius 3 is 2.70 bits per heavy atom. The number of benzene rings is 1. The van der Waals surface area contributed by atoms with E-state index in [1.165, 1.54) is 4.90 Å². The van der Waals surface area contributed by atoms with Crippen LogP contribution in [0.5, 0.6) is 0 Å². The predicted octanol–water partition coefficient (Wildman–Crippen LogP) is 4.12. The molecule has 3 aromatic rings. The molecule has 3 nitrogen and oxygen atoms in total. The van der Waals surface area contributed by atoms with Crippen molar-refractivity contribution in [1.82, 2.24) is 9.78 Å². The second kappa shape index (κ2) is 5.34. The summed E-state index contributed by atoms with van der Waals surface area (Å²) in [6.45, 7) is 0. The first-order valence-electron chi connectivity index (χ1n) is 6.22. The van der Waals surface area contributed by atoms with Gasteiger partial charge in [0.25, 0.3) is 0 Å². The van der Waals surface area contributed by atoms with E-state index in [1.54, 1.807) is 27.8 Å². The van der Waals surface area contributed by atoms with Crippen LogP contribution in [0.15, 0.2) is 46.7 Å². The Bertz CT molecular complexity index is 730. The summed E-state index contributed by atoms with van der Waals surface area (Å²) in [4.78, 5) is 2.37. The molecule has 0 fully saturated rings. The van der Waals surface area contributed by atoms with Crippen LogP contribution in [0.2, 0.25) is 0 Å². The third kappa shape index (κ3) is 2.13. The number of thioether (sulfide) groups is 1. The van der Waals surface area contributed by atoms with Gasteiger partial charge >= 0.3 is 0 Å². The van der Waals surface area contributed by atoms with Crippen LogP contribution < -0.4 is 5.73 Å². The normalized spacial score (nSPS) is 10.9. The fraction of sp³-hybridized carbons (Fsp3) is 0.133. The van der Waals surface area contributed by atoms with Crippen LogP contribution in [-0.4, -0.2) is 16.0 Å². The summed E-state index contributed by atoms with van der Waals surface area (Å²) in [6, 6.07) is 12.4. The Hall–Kier alpha value is -1.72. The molecular weight excluding hydrogens is 286 g/mol. The fourth-order valence-corrected chi connectivity index (χ4v) is 3.61. The Labute approximate surface area is 126 Å². The minimum absolute atomic E-state index is 0.707. The van der Waals surface area contributed by atoms with Crippen LogP contribution >= 0.6 is 23.1 Å². The molecule has 20 heavy (non-hydrogen) atoms. The lowest BCUT2D eigenvalue weighted by Crippen LogP contribution is -1.97. The van der Waals surface area contributed by atoms with Crippen molar-refractivity contribution in [1.29, 1.82) is 0 Å². The molecule has 2 aromatic heterocycles. The lowest BCUT2D eigenvalue weighted by atomic mass is 10.1. The average Bonchev–Trinajstić information content (AvgIpc) is 3.08. The second-order valence-electron chi connectivity index (χ2n) is 4.41. The third-order valence-corrected chi connectivity index (χ3v) is 4.90. The predicted molar refractivity (Wildman–Crippen MR) is 88.2 cm³/mol. The molecule has 0 bridgehead atoms. The molecule has 0 spiro atoms. The van der Waals surface area contributed by atoms with Gasteiger partial charge in [-0.05, 0) is 23.8 Å². The summed E-state index contributed by atoms with van der Waals surface area (Å²) in [5.41, 5.74) is 9.35. The standard InChI is InChI=1S/C15H15N3S2/c1-18-15(16)13(12-8-5-9-20-12)14(17-18)10-6-3-4-7-11(10)19-2/h3-9H,16H2,1-2H3. The number of aryl methyl sites for hydroxylation is 1. The summed E-state index contributed by atoms with van der Waals surface area (Å²) in [6.07, 6.45) is 2.08. The Morgan fingerprint density at radius 1 is 1.20 bits per heavy atom. The van der Waals surface area contributed by atoms with E-state index in [-0.39, 0.29) is 0 Å². The number of thiophene rings is 1. The van der Waals surface area contributed by atoms with Gasteiger partial charge in [0, 0.05) is 22.4 Å². The SMILES string of the molecule is CSc1ccccc1-c1nn(C)c(N)c1-c1cccs1. The maximum atomic E-state index is 6.22. The quantitative estimate of drug-likeness (QED) is 0.740. The van der Waals surface area contributed by atoms with Crippen molar-refractivity contribution < 1.29 is 0 Å². The summed E-state index contributed by atoms with van der Waals surface area (Å²) < 4.78 is 1.75. The number of aromatic nitrogens is 2. The molecule has 0 saturated heterocycles. The van der Waals surface area contributed by atoms with Gasteiger partial charge in [-0.15, -0.1) is 23.1 Å². The highest BCUT2D eigenvalue weighted by atomic mass is 32.2. The summed E-state index contributed by atoms with van der Waals surface area (Å²) in [5.74, 6) is 0.707. The van der Waals surface area contributed by atoms with Gasteiger partial charge in [-0.2, -0.15) is 5.10 Å². The minimum Gasteiger partial charge on any atom is -0.383 e. The van der Waals surface area contributed by atoms with Gasteiger partial charge in [0.05, 0.1) is 5.56 Å². The van der Waals surface area contributed by atoms with Crippen LogP contribution in [0.25, 0.3) is 21.7 Å². The first kappa shape index (κ1) is 13.3. The van der Waals surface area contributed by atoms with Crippen molar-refractivity contribution in [2.75, 3.05) is 12.0 Å². The van der Waals surface area contributed by atoms with Crippen molar-refractivity contribution in [3.63, 3.8) is 0 Å². The molecule has 5 heteroatoms. The zero-order valence-corrected chi connectivity index (χ0v) is 13.0. The molecule has 0 aliphatic rings. The van der Waals surface area contributed by atoms with Crippen molar-refractivity contribution in [3.8, 4) is 21.7 Å². The largest absolute Gasteiger partial charge is 0.383 e. The zero-order valence-electron chi connectivity index (χ0n) is 11.3. The minimum atomic E-state index is 0.707. The summed E-state index contributed by atoms with van der Waals surface area (Å²) in [5, 5.41) is 6.69. The molecule has 3 rings (SSSR count). The van der Waals surface area contributed by atoms with Gasteiger partial charge in [0.2, 0.25) is 0 Å². The second-order valence-corrected chi connectivity index (χ2v) is 6.21. The number of hydrogen-bond acceptors (Lipinski definition) is 4. The summed E-state index contributed by atoms with van der Waals surface area (Å²) in [7, 11) is 1.89. The lowest BCUT2D eigenvalue weighted by Gasteiger charge is -2.06. The van der Waals surface area contributed by atoms with Crippen LogP contribution in [0, 0.1) is 0 Å². The van der Waals surface area contributed by atoms with E-state index < -0.39 is 0 Å². The maximum Gasteiger partial charge on any atom is 0.130 e. The first-order chi connectivity index (χ1) is 9.72. The Kier molecular flexibility index (Phi) is 3.54. The van der Waals surface area contributed by atoms with Crippen molar-refractivity contribution in [2.24, 2.45) is 7.05 Å². The van der Waals surface area contributed by atoms with E-state index in [1.807, 2.05) is 25.2 Å². The van der Waals surface area contributed by atoms with E-state index >= 15 is 0 Å². The molecule has 0 amide bonds. The van der Waals surface area contributed by atoms with Crippen LogP contribution in [-0.2, 0) is 7.05 Å². The molecule has 2 heterocycles. The highest BCUT2D eigenvalue weighted by Crippen LogP contribution is 2.40. The number of nitrogens with two attached hydrogens (primary N) is 1. The monoisotopic (exact) mass is 301 g/mol. The Morgan fingerprint density at radius 2 is 2.00 bits per heavy atom. The fourth-order valence-electron chi connectivity index (χ4n) is 2.23. The van der Waals surface area contributed by atoms with Crippen LogP contribution in [0.3, 0.4) is 0 Å². The van der Waals surface area contributed by atoms with Gasteiger partial charge in [-0.1, -0.05) is 24.3 Å². The van der Waals surface area contributed by atoms with Gasteiger partial charge in [-0.3, -0.25) is 4.68 Å². The number of rotatable bonds is 3. The molecule has 0 unspecified atom stereocenters. The number of hydrogen-bond donors (Lipinski definition) is 1. The number of nitrogens with zero attached hydrogens (tertiary/aromatic N) is 2. The first-order valence-corrected chi connectivity index (χ1v) is 8.32. The van der Waals surface area contributed by atoms with E-state index in [2.05, 4.69) is 34.9 Å². The van der Waals surface area contributed by atoms with Crippen molar-refractivity contribution in [3.05, 3.63) is 41.8 Å². The molecule has 0 radical (unpaired) electrons. The molecule has 2 N–H and O–H groups in total. The highest BCUT2D eigenvalue weighted by molar-refractivity contribution is 7.98. The molecule has 102 valence electrons. The summed E-state index contributed by atoms with van der Waals surface area (Å²) >= 11 is 3.41. The van der Waals surface area contributed by atoms with Crippen molar-refractivity contribution >= 4 is 28.9 Å². The average molecular weight is 301 g/mol. The van der Waals surface area contributed by atoms with E-state index in [0.29, 0.717) is 5.82 Å². The third-order valence-electron chi connectivity index (χ3n) is 3.22. The Balaban J connectivity index is 2.27. The molecule has 1 aromatic carbocycles. The van der Waals surface area contributed by atoms with Crippen LogP contribution in [0.1, 0.15) is 0 Å². The maximum absolute atomic E-state index is 6.22. The topological polar surface area (TPSA) is 43.8 Å².